The van der Waals surface area contributed by atoms with Gasteiger partial charge in [-0.3, -0.25) is 0 Å². The van der Waals surface area contributed by atoms with Crippen LogP contribution in [0.2, 0.25) is 0 Å². The molecule has 0 saturated carbocycles. The molecule has 0 aliphatic carbocycles. The number of hydrogen-bond donors (Lipinski definition) is 1. The van der Waals surface area contributed by atoms with Crippen molar-refractivity contribution >= 4 is 0 Å². The Kier molecular flexibility index (Phi) is 1.72. The summed E-state index contributed by atoms with van der Waals surface area (Å²) in [6.07, 6.45) is 1.90. The van der Waals surface area contributed by atoms with Crippen LogP contribution in [0.25, 0.3) is 0 Å². The third kappa shape index (κ3) is 1.45. The van der Waals surface area contributed by atoms with E-state index in [1.165, 1.54) is 6.07 Å². The summed E-state index contributed by atoms with van der Waals surface area (Å²) < 4.78 is 4.44. The van der Waals surface area contributed by atoms with Crippen LogP contribution in [0.3, 0.4) is 0 Å². The SMILES string of the molecule is CCCc1cc(=O)o[nH]1. The van der Waals surface area contributed by atoms with Crippen molar-refractivity contribution in [2.75, 3.05) is 0 Å². The maximum Gasteiger partial charge on any atom is 0.357 e. The van der Waals surface area contributed by atoms with Crippen molar-refractivity contribution in [2.24, 2.45) is 0 Å². The molecule has 0 unspecified atom stereocenters. The van der Waals surface area contributed by atoms with Gasteiger partial charge in [0.05, 0.1) is 5.69 Å². The largest absolute Gasteiger partial charge is 0.357 e. The fourth-order valence-corrected chi connectivity index (χ4v) is 0.710. The van der Waals surface area contributed by atoms with Crippen LogP contribution >= 0.6 is 0 Å². The van der Waals surface area contributed by atoms with E-state index in [0.29, 0.717) is 0 Å². The zero-order valence-electron chi connectivity index (χ0n) is 5.31. The highest BCUT2D eigenvalue weighted by atomic mass is 16.5. The number of aryl methyl sites for hydroxylation is 1. The van der Waals surface area contributed by atoms with Crippen molar-refractivity contribution in [1.29, 1.82) is 0 Å². The van der Waals surface area contributed by atoms with Gasteiger partial charge in [0.2, 0.25) is 0 Å². The van der Waals surface area contributed by atoms with Crippen molar-refractivity contribution in [3.63, 3.8) is 0 Å². The number of H-pyrrole nitrogens is 1. The Balaban J connectivity index is 2.73. The fraction of sp³-hybridized carbons (Fsp3) is 0.500. The molecule has 0 bridgehead atoms. The lowest BCUT2D eigenvalue weighted by atomic mass is 10.3. The van der Waals surface area contributed by atoms with E-state index in [-0.39, 0.29) is 5.63 Å². The van der Waals surface area contributed by atoms with Gasteiger partial charge >= 0.3 is 5.63 Å². The molecule has 0 aromatic carbocycles. The molecule has 3 heteroatoms. The van der Waals surface area contributed by atoms with Crippen LogP contribution in [-0.2, 0) is 6.42 Å². The molecule has 3 nitrogen and oxygen atoms in total. The minimum atomic E-state index is -0.293. The van der Waals surface area contributed by atoms with Gasteiger partial charge in [0, 0.05) is 6.07 Å². The van der Waals surface area contributed by atoms with Crippen LogP contribution in [0.5, 0.6) is 0 Å². The lowest BCUT2D eigenvalue weighted by Crippen LogP contribution is -1.86. The molecule has 0 aliphatic heterocycles. The average Bonchev–Trinajstić information content (AvgIpc) is 2.17. The predicted octanol–water partition coefficient (Wildman–Crippen LogP) is 0.920. The number of hydrogen-bond acceptors (Lipinski definition) is 2. The summed E-state index contributed by atoms with van der Waals surface area (Å²) in [5.41, 5.74) is 0.584. The molecule has 1 aromatic heterocycles. The molecule has 0 aliphatic rings. The minimum Gasteiger partial charge on any atom is -0.339 e. The second-order valence-corrected chi connectivity index (χ2v) is 1.94. The number of aromatic nitrogens is 1. The van der Waals surface area contributed by atoms with E-state index in [9.17, 15) is 4.79 Å². The van der Waals surface area contributed by atoms with Crippen molar-refractivity contribution in [3.05, 3.63) is 22.2 Å². The minimum absolute atomic E-state index is 0.293. The van der Waals surface area contributed by atoms with Gasteiger partial charge in [0.1, 0.15) is 0 Å². The zero-order chi connectivity index (χ0) is 6.69. The maximum absolute atomic E-state index is 10.4. The molecule has 1 aromatic rings. The summed E-state index contributed by atoms with van der Waals surface area (Å²) in [6.45, 7) is 2.05. The van der Waals surface area contributed by atoms with E-state index < -0.39 is 0 Å². The Morgan fingerprint density at radius 3 is 3.00 bits per heavy atom. The highest BCUT2D eigenvalue weighted by Gasteiger charge is 1.93. The van der Waals surface area contributed by atoms with E-state index in [2.05, 4.69) is 9.68 Å². The number of rotatable bonds is 2. The predicted molar refractivity (Wildman–Crippen MR) is 33.3 cm³/mol. The summed E-state index contributed by atoms with van der Waals surface area (Å²) in [4.78, 5) is 10.4. The quantitative estimate of drug-likeness (QED) is 0.642. The maximum atomic E-state index is 10.4. The van der Waals surface area contributed by atoms with E-state index >= 15 is 0 Å². The van der Waals surface area contributed by atoms with Crippen molar-refractivity contribution in [2.45, 2.75) is 19.8 Å². The summed E-state index contributed by atoms with van der Waals surface area (Å²) in [6, 6.07) is 1.48. The van der Waals surface area contributed by atoms with Gasteiger partial charge < -0.3 is 4.52 Å². The highest BCUT2D eigenvalue weighted by Crippen LogP contribution is 1.93. The van der Waals surface area contributed by atoms with Crippen molar-refractivity contribution in [3.8, 4) is 0 Å². The van der Waals surface area contributed by atoms with Crippen LogP contribution in [0.1, 0.15) is 19.0 Å². The second-order valence-electron chi connectivity index (χ2n) is 1.94. The fourth-order valence-electron chi connectivity index (χ4n) is 0.710. The number of aromatic amines is 1. The third-order valence-electron chi connectivity index (χ3n) is 1.09. The van der Waals surface area contributed by atoms with E-state index in [1.807, 2.05) is 6.92 Å². The zero-order valence-corrected chi connectivity index (χ0v) is 5.31. The van der Waals surface area contributed by atoms with Crippen LogP contribution in [0.4, 0.5) is 0 Å². The van der Waals surface area contributed by atoms with Crippen molar-refractivity contribution < 1.29 is 4.52 Å². The third-order valence-corrected chi connectivity index (χ3v) is 1.09. The van der Waals surface area contributed by atoms with E-state index in [0.717, 1.165) is 18.5 Å². The summed E-state index contributed by atoms with van der Waals surface area (Å²) in [5.74, 6) is 0. The van der Waals surface area contributed by atoms with Gasteiger partial charge in [-0.05, 0) is 6.42 Å². The Morgan fingerprint density at radius 1 is 1.78 bits per heavy atom. The Labute approximate surface area is 52.7 Å². The van der Waals surface area contributed by atoms with Crippen molar-refractivity contribution in [1.82, 2.24) is 5.16 Å². The smallest absolute Gasteiger partial charge is 0.339 e. The monoisotopic (exact) mass is 127 g/mol. The summed E-state index contributed by atoms with van der Waals surface area (Å²) in [5, 5.41) is 2.52. The molecular formula is C6H9NO2. The van der Waals surface area contributed by atoms with Gasteiger partial charge in [0.25, 0.3) is 0 Å². The van der Waals surface area contributed by atoms with Gasteiger partial charge in [-0.1, -0.05) is 13.3 Å². The van der Waals surface area contributed by atoms with Crippen LogP contribution in [0.15, 0.2) is 15.4 Å². The van der Waals surface area contributed by atoms with Crippen LogP contribution < -0.4 is 5.63 Å². The lowest BCUT2D eigenvalue weighted by Gasteiger charge is -1.84. The van der Waals surface area contributed by atoms with E-state index in [4.69, 9.17) is 0 Å². The topological polar surface area (TPSA) is 46.0 Å². The first kappa shape index (κ1) is 6.13. The normalized spacial score (nSPS) is 9.89. The Bertz CT molecular complexity index is 223. The average molecular weight is 127 g/mol. The first-order chi connectivity index (χ1) is 4.33. The van der Waals surface area contributed by atoms with Gasteiger partial charge in [0.15, 0.2) is 0 Å². The van der Waals surface area contributed by atoms with Gasteiger partial charge in [-0.25, -0.2) is 9.95 Å². The molecule has 0 spiro atoms. The Hall–Kier alpha value is -0.990. The molecule has 1 rings (SSSR count). The molecule has 9 heavy (non-hydrogen) atoms. The lowest BCUT2D eigenvalue weighted by molar-refractivity contribution is 0.384. The molecular weight excluding hydrogens is 118 g/mol. The first-order valence-electron chi connectivity index (χ1n) is 3.00. The van der Waals surface area contributed by atoms with Crippen LogP contribution in [-0.4, -0.2) is 5.16 Å². The Morgan fingerprint density at radius 2 is 2.56 bits per heavy atom. The number of nitrogens with one attached hydrogen (secondary N) is 1. The van der Waals surface area contributed by atoms with Gasteiger partial charge in [-0.2, -0.15) is 0 Å². The highest BCUT2D eigenvalue weighted by molar-refractivity contribution is 4.94. The summed E-state index contributed by atoms with van der Waals surface area (Å²) >= 11 is 0. The molecule has 0 amide bonds. The van der Waals surface area contributed by atoms with Crippen LogP contribution in [0, 0.1) is 0 Å². The standard InChI is InChI=1S/C6H9NO2/c1-2-3-5-4-6(8)9-7-5/h4,7H,2-3H2,1H3. The molecule has 0 atom stereocenters. The molecule has 0 fully saturated rings. The molecule has 0 saturated heterocycles. The van der Waals surface area contributed by atoms with Gasteiger partial charge in [-0.15, -0.1) is 0 Å². The van der Waals surface area contributed by atoms with E-state index in [1.54, 1.807) is 0 Å². The second kappa shape index (κ2) is 2.53. The first-order valence-corrected chi connectivity index (χ1v) is 3.00. The molecule has 1 heterocycles. The molecule has 1 N–H and O–H groups in total. The summed E-state index contributed by atoms with van der Waals surface area (Å²) in [7, 11) is 0. The molecule has 0 radical (unpaired) electrons. The molecule has 50 valence electrons.